The Balaban J connectivity index is 1.98. The molecule has 3 rings (SSSR count). The molecule has 0 radical (unpaired) electrons. The van der Waals surface area contributed by atoms with Crippen LogP contribution in [0.4, 0.5) is 5.69 Å². The fourth-order valence-corrected chi connectivity index (χ4v) is 2.87. The van der Waals surface area contributed by atoms with Gasteiger partial charge in [0.15, 0.2) is 0 Å². The molecule has 24 heavy (non-hydrogen) atoms. The maximum absolute atomic E-state index is 12.7. The summed E-state index contributed by atoms with van der Waals surface area (Å²) in [4.78, 5) is 14.5. The number of nitrogens with one attached hydrogen (secondary N) is 1. The van der Waals surface area contributed by atoms with E-state index in [-0.39, 0.29) is 5.91 Å². The van der Waals surface area contributed by atoms with Crippen LogP contribution >= 0.6 is 0 Å². The standard InChI is InChI=1S/C20H22N2O2/c1-14(2)13-24-16-9-7-8-15(12-16)20(3)21-18-11-6-5-10-17(18)19(23)22(20)4/h5-12,21H,1,13H2,2-4H3. The number of fused-ring (bicyclic) bond motifs is 1. The first kappa shape index (κ1) is 16.1. The minimum Gasteiger partial charge on any atom is -0.489 e. The van der Waals surface area contributed by atoms with Crippen molar-refractivity contribution >= 4 is 11.6 Å². The lowest BCUT2D eigenvalue weighted by atomic mass is 9.94. The first-order chi connectivity index (χ1) is 11.4. The molecule has 2 aromatic rings. The number of carbonyl (C=O) groups excluding carboxylic acids is 1. The highest BCUT2D eigenvalue weighted by molar-refractivity contribution is 6.02. The molecule has 0 fully saturated rings. The van der Waals surface area contributed by atoms with E-state index in [1.165, 1.54) is 0 Å². The molecule has 0 saturated carbocycles. The van der Waals surface area contributed by atoms with Crippen LogP contribution in [0.5, 0.6) is 5.75 Å². The zero-order valence-electron chi connectivity index (χ0n) is 14.3. The van der Waals surface area contributed by atoms with E-state index in [9.17, 15) is 4.79 Å². The number of para-hydroxylation sites is 1. The van der Waals surface area contributed by atoms with Crippen molar-refractivity contribution in [1.82, 2.24) is 4.90 Å². The third-order valence-corrected chi connectivity index (χ3v) is 4.39. The van der Waals surface area contributed by atoms with Gasteiger partial charge < -0.3 is 15.0 Å². The Kier molecular flexibility index (Phi) is 4.06. The summed E-state index contributed by atoms with van der Waals surface area (Å²) >= 11 is 0. The second-order valence-corrected chi connectivity index (χ2v) is 6.38. The molecule has 0 spiro atoms. The van der Waals surface area contributed by atoms with Gasteiger partial charge in [0.2, 0.25) is 0 Å². The van der Waals surface area contributed by atoms with Crippen LogP contribution in [0.3, 0.4) is 0 Å². The van der Waals surface area contributed by atoms with Crippen LogP contribution in [0, 0.1) is 0 Å². The molecule has 4 heteroatoms. The maximum atomic E-state index is 12.7. The topological polar surface area (TPSA) is 41.6 Å². The molecule has 1 unspecified atom stereocenters. The zero-order valence-corrected chi connectivity index (χ0v) is 14.3. The van der Waals surface area contributed by atoms with Crippen molar-refractivity contribution in [2.75, 3.05) is 19.0 Å². The van der Waals surface area contributed by atoms with Crippen LogP contribution in [-0.2, 0) is 5.66 Å². The van der Waals surface area contributed by atoms with Gasteiger partial charge in [-0.3, -0.25) is 4.79 Å². The summed E-state index contributed by atoms with van der Waals surface area (Å²) in [6.45, 7) is 8.26. The Morgan fingerprint density at radius 2 is 2.00 bits per heavy atom. The molecule has 124 valence electrons. The summed E-state index contributed by atoms with van der Waals surface area (Å²) in [5, 5.41) is 3.49. The van der Waals surface area contributed by atoms with Crippen LogP contribution in [0.2, 0.25) is 0 Å². The van der Waals surface area contributed by atoms with Crippen LogP contribution in [-0.4, -0.2) is 24.5 Å². The number of benzene rings is 2. The smallest absolute Gasteiger partial charge is 0.257 e. The Morgan fingerprint density at radius 3 is 2.75 bits per heavy atom. The predicted octanol–water partition coefficient (Wildman–Crippen LogP) is 4.01. The molecule has 1 aliphatic heterocycles. The molecule has 0 saturated heterocycles. The first-order valence-electron chi connectivity index (χ1n) is 7.95. The molecular formula is C20H22N2O2. The number of rotatable bonds is 4. The molecule has 0 aromatic heterocycles. The minimum absolute atomic E-state index is 0.0000994. The number of hydrogen-bond donors (Lipinski definition) is 1. The molecule has 1 heterocycles. The molecule has 4 nitrogen and oxygen atoms in total. The van der Waals surface area contributed by atoms with Crippen LogP contribution in [0.15, 0.2) is 60.7 Å². The van der Waals surface area contributed by atoms with Gasteiger partial charge in [0.25, 0.3) is 5.91 Å². The summed E-state index contributed by atoms with van der Waals surface area (Å²) in [6, 6.07) is 15.4. The molecule has 2 aromatic carbocycles. The first-order valence-corrected chi connectivity index (χ1v) is 7.95. The van der Waals surface area contributed by atoms with E-state index in [1.807, 2.05) is 69.4 Å². The van der Waals surface area contributed by atoms with E-state index in [1.54, 1.807) is 4.90 Å². The van der Waals surface area contributed by atoms with E-state index in [0.29, 0.717) is 12.2 Å². The number of carbonyl (C=O) groups is 1. The third-order valence-electron chi connectivity index (χ3n) is 4.39. The van der Waals surface area contributed by atoms with Crippen LogP contribution < -0.4 is 10.1 Å². The fraction of sp³-hybridized carbons (Fsp3) is 0.250. The number of amides is 1. The fourth-order valence-electron chi connectivity index (χ4n) is 2.87. The van der Waals surface area contributed by atoms with E-state index in [4.69, 9.17) is 4.74 Å². The van der Waals surface area contributed by atoms with Crippen molar-refractivity contribution in [2.45, 2.75) is 19.5 Å². The number of ether oxygens (including phenoxy) is 1. The monoisotopic (exact) mass is 322 g/mol. The van der Waals surface area contributed by atoms with Gasteiger partial charge in [-0.05, 0) is 43.7 Å². The summed E-state index contributed by atoms with van der Waals surface area (Å²) in [5.41, 5.74) is 2.81. The average molecular weight is 322 g/mol. The normalized spacial score (nSPS) is 19.5. The second-order valence-electron chi connectivity index (χ2n) is 6.38. The van der Waals surface area contributed by atoms with Gasteiger partial charge in [0, 0.05) is 18.3 Å². The van der Waals surface area contributed by atoms with Gasteiger partial charge >= 0.3 is 0 Å². The van der Waals surface area contributed by atoms with Gasteiger partial charge in [-0.15, -0.1) is 0 Å². The quantitative estimate of drug-likeness (QED) is 0.865. The summed E-state index contributed by atoms with van der Waals surface area (Å²) < 4.78 is 5.74. The highest BCUT2D eigenvalue weighted by Crippen LogP contribution is 2.37. The van der Waals surface area contributed by atoms with Crippen molar-refractivity contribution in [2.24, 2.45) is 0 Å². The Bertz CT molecular complexity index is 800. The molecule has 0 bridgehead atoms. The van der Waals surface area contributed by atoms with Crippen molar-refractivity contribution in [1.29, 1.82) is 0 Å². The van der Waals surface area contributed by atoms with Gasteiger partial charge in [0.1, 0.15) is 18.0 Å². The lowest BCUT2D eigenvalue weighted by molar-refractivity contribution is 0.0615. The van der Waals surface area contributed by atoms with Crippen molar-refractivity contribution < 1.29 is 9.53 Å². The lowest BCUT2D eigenvalue weighted by Gasteiger charge is -2.44. The molecule has 1 amide bonds. The third kappa shape index (κ3) is 2.75. The van der Waals surface area contributed by atoms with Gasteiger partial charge in [0.05, 0.1) is 5.56 Å². The van der Waals surface area contributed by atoms with E-state index < -0.39 is 5.66 Å². The van der Waals surface area contributed by atoms with Crippen molar-refractivity contribution in [3.05, 3.63) is 71.8 Å². The van der Waals surface area contributed by atoms with Gasteiger partial charge in [-0.2, -0.15) is 0 Å². The van der Waals surface area contributed by atoms with Gasteiger partial charge in [-0.25, -0.2) is 0 Å². The molecular weight excluding hydrogens is 300 g/mol. The number of hydrogen-bond acceptors (Lipinski definition) is 3. The molecule has 1 atom stereocenters. The maximum Gasteiger partial charge on any atom is 0.257 e. The average Bonchev–Trinajstić information content (AvgIpc) is 2.58. The number of anilines is 1. The van der Waals surface area contributed by atoms with E-state index in [2.05, 4.69) is 11.9 Å². The number of nitrogens with zero attached hydrogens (tertiary/aromatic N) is 1. The van der Waals surface area contributed by atoms with Crippen LogP contribution in [0.25, 0.3) is 0 Å². The Morgan fingerprint density at radius 1 is 1.25 bits per heavy atom. The summed E-state index contributed by atoms with van der Waals surface area (Å²) in [5.74, 6) is 0.762. The second kappa shape index (κ2) is 6.04. The van der Waals surface area contributed by atoms with Crippen molar-refractivity contribution in [3.8, 4) is 5.75 Å². The SMILES string of the molecule is C=C(C)COc1cccc(C2(C)Nc3ccccc3C(=O)N2C)c1. The highest BCUT2D eigenvalue weighted by atomic mass is 16.5. The van der Waals surface area contributed by atoms with Crippen LogP contribution in [0.1, 0.15) is 29.8 Å². The summed E-state index contributed by atoms with van der Waals surface area (Å²) in [7, 11) is 1.81. The van der Waals surface area contributed by atoms with E-state index >= 15 is 0 Å². The summed E-state index contributed by atoms with van der Waals surface area (Å²) in [6.07, 6.45) is 0. The molecule has 1 N–H and O–H groups in total. The van der Waals surface area contributed by atoms with E-state index in [0.717, 1.165) is 22.6 Å². The van der Waals surface area contributed by atoms with Gasteiger partial charge in [-0.1, -0.05) is 30.8 Å². The van der Waals surface area contributed by atoms with Crippen molar-refractivity contribution in [3.63, 3.8) is 0 Å². The Labute approximate surface area is 142 Å². The highest BCUT2D eigenvalue weighted by Gasteiger charge is 2.40. The molecule has 0 aliphatic carbocycles. The predicted molar refractivity (Wildman–Crippen MR) is 96.3 cm³/mol. The Hall–Kier alpha value is -2.75. The lowest BCUT2D eigenvalue weighted by Crippen LogP contribution is -2.53. The minimum atomic E-state index is -0.645. The largest absolute Gasteiger partial charge is 0.489 e. The molecule has 1 aliphatic rings. The zero-order chi connectivity index (χ0) is 17.3.